The molecule has 2 aromatic rings. The van der Waals surface area contributed by atoms with Gasteiger partial charge in [-0.15, -0.1) is 0 Å². The van der Waals surface area contributed by atoms with E-state index in [4.69, 9.17) is 19.1 Å². The second-order valence-electron chi connectivity index (χ2n) is 6.66. The monoisotopic (exact) mass is 389 g/mol. The number of amides is 1. The minimum absolute atomic E-state index is 0.269. The summed E-state index contributed by atoms with van der Waals surface area (Å²) < 4.78 is 15.8. The summed E-state index contributed by atoms with van der Waals surface area (Å²) in [6.45, 7) is 3.36. The summed E-state index contributed by atoms with van der Waals surface area (Å²) in [5, 5.41) is 15.9. The third kappa shape index (κ3) is 4.24. The Labute approximate surface area is 162 Å². The summed E-state index contributed by atoms with van der Waals surface area (Å²) in [6.07, 6.45) is 3.38. The minimum atomic E-state index is -1.09. The van der Waals surface area contributed by atoms with Crippen LogP contribution in [0.5, 0.6) is 11.5 Å². The van der Waals surface area contributed by atoms with Gasteiger partial charge in [0.2, 0.25) is 5.89 Å². The van der Waals surface area contributed by atoms with Crippen LogP contribution in [-0.2, 0) is 10.3 Å². The van der Waals surface area contributed by atoms with E-state index in [9.17, 15) is 9.59 Å². The Morgan fingerprint density at radius 2 is 2.00 bits per heavy atom. The lowest BCUT2D eigenvalue weighted by Gasteiger charge is -2.27. The molecular weight excluding hydrogens is 366 g/mol. The Bertz CT molecular complexity index is 857. The highest BCUT2D eigenvalue weighted by atomic mass is 16.5. The SMILES string of the molecule is CCOc1cc(C(=O)NC2(c3noc(C)n3)CCCC2)ccc1OCC(=O)O. The molecular formula is C19H23N3O6. The van der Waals surface area contributed by atoms with E-state index in [0.717, 1.165) is 25.7 Å². The van der Waals surface area contributed by atoms with Crippen LogP contribution in [0.25, 0.3) is 0 Å². The maximum absolute atomic E-state index is 12.9. The summed E-state index contributed by atoms with van der Waals surface area (Å²) in [5.74, 6) is 0.131. The third-order valence-corrected chi connectivity index (χ3v) is 4.62. The number of nitrogens with zero attached hydrogens (tertiary/aromatic N) is 2. The zero-order chi connectivity index (χ0) is 20.1. The number of aryl methyl sites for hydroxylation is 1. The van der Waals surface area contributed by atoms with Crippen LogP contribution in [-0.4, -0.2) is 40.3 Å². The molecule has 3 rings (SSSR count). The van der Waals surface area contributed by atoms with Gasteiger partial charge < -0.3 is 24.4 Å². The number of carbonyl (C=O) groups excluding carboxylic acids is 1. The molecule has 2 N–H and O–H groups in total. The summed E-state index contributed by atoms with van der Waals surface area (Å²) in [5.41, 5.74) is -0.281. The molecule has 0 aliphatic heterocycles. The van der Waals surface area contributed by atoms with Crippen LogP contribution in [0.4, 0.5) is 0 Å². The molecule has 1 aromatic heterocycles. The highest BCUT2D eigenvalue weighted by molar-refractivity contribution is 5.95. The number of carbonyl (C=O) groups is 2. The molecule has 0 bridgehead atoms. The lowest BCUT2D eigenvalue weighted by Crippen LogP contribution is -2.44. The molecule has 1 aliphatic rings. The Kier molecular flexibility index (Phi) is 5.81. The van der Waals surface area contributed by atoms with Crippen LogP contribution in [0, 0.1) is 6.92 Å². The van der Waals surface area contributed by atoms with Crippen molar-refractivity contribution < 1.29 is 28.7 Å². The normalized spacial score (nSPS) is 15.2. The molecule has 9 heteroatoms. The molecule has 1 aromatic carbocycles. The van der Waals surface area contributed by atoms with Gasteiger partial charge in [0, 0.05) is 12.5 Å². The average Bonchev–Trinajstić information content (AvgIpc) is 3.30. The molecule has 0 saturated heterocycles. The maximum Gasteiger partial charge on any atom is 0.341 e. The molecule has 150 valence electrons. The first-order valence-corrected chi connectivity index (χ1v) is 9.18. The predicted molar refractivity (Wildman–Crippen MR) is 97.4 cm³/mol. The van der Waals surface area contributed by atoms with E-state index in [1.165, 1.54) is 6.07 Å². The van der Waals surface area contributed by atoms with Crippen LogP contribution in [0.15, 0.2) is 22.7 Å². The number of aliphatic carboxylic acids is 1. The van der Waals surface area contributed by atoms with Gasteiger partial charge in [0.15, 0.2) is 23.9 Å². The fourth-order valence-corrected chi connectivity index (χ4v) is 3.34. The van der Waals surface area contributed by atoms with Crippen molar-refractivity contribution in [2.24, 2.45) is 0 Å². The van der Waals surface area contributed by atoms with E-state index < -0.39 is 18.1 Å². The Balaban J connectivity index is 1.82. The van der Waals surface area contributed by atoms with Crippen molar-refractivity contribution in [1.82, 2.24) is 15.5 Å². The number of aromatic nitrogens is 2. The van der Waals surface area contributed by atoms with E-state index in [1.54, 1.807) is 26.0 Å². The molecule has 0 atom stereocenters. The van der Waals surface area contributed by atoms with Crippen molar-refractivity contribution in [1.29, 1.82) is 0 Å². The largest absolute Gasteiger partial charge is 0.490 e. The fraction of sp³-hybridized carbons (Fsp3) is 0.474. The summed E-state index contributed by atoms with van der Waals surface area (Å²) in [6, 6.07) is 4.64. The molecule has 28 heavy (non-hydrogen) atoms. The molecule has 0 radical (unpaired) electrons. The van der Waals surface area contributed by atoms with Crippen molar-refractivity contribution >= 4 is 11.9 Å². The van der Waals surface area contributed by atoms with Gasteiger partial charge in [-0.05, 0) is 38.0 Å². The lowest BCUT2D eigenvalue weighted by molar-refractivity contribution is -0.139. The van der Waals surface area contributed by atoms with Crippen LogP contribution < -0.4 is 14.8 Å². The minimum Gasteiger partial charge on any atom is -0.490 e. The summed E-state index contributed by atoms with van der Waals surface area (Å²) >= 11 is 0. The fourth-order valence-electron chi connectivity index (χ4n) is 3.34. The molecule has 0 spiro atoms. The Morgan fingerprint density at radius 1 is 1.25 bits per heavy atom. The van der Waals surface area contributed by atoms with E-state index in [-0.39, 0.29) is 11.7 Å². The highest BCUT2D eigenvalue weighted by Crippen LogP contribution is 2.38. The van der Waals surface area contributed by atoms with Gasteiger partial charge >= 0.3 is 5.97 Å². The van der Waals surface area contributed by atoms with Crippen molar-refractivity contribution in [3.05, 3.63) is 35.5 Å². The number of hydrogen-bond donors (Lipinski definition) is 2. The smallest absolute Gasteiger partial charge is 0.341 e. The van der Waals surface area contributed by atoms with E-state index in [2.05, 4.69) is 15.5 Å². The van der Waals surface area contributed by atoms with Crippen LogP contribution >= 0.6 is 0 Å². The zero-order valence-electron chi connectivity index (χ0n) is 15.9. The van der Waals surface area contributed by atoms with Gasteiger partial charge in [-0.1, -0.05) is 18.0 Å². The number of rotatable bonds is 8. The van der Waals surface area contributed by atoms with Gasteiger partial charge in [-0.2, -0.15) is 4.98 Å². The molecule has 1 fully saturated rings. The number of ether oxygens (including phenoxy) is 2. The second kappa shape index (κ2) is 8.28. The van der Waals surface area contributed by atoms with Crippen LogP contribution in [0.1, 0.15) is 54.7 Å². The Morgan fingerprint density at radius 3 is 2.61 bits per heavy atom. The molecule has 1 heterocycles. The molecule has 9 nitrogen and oxygen atoms in total. The van der Waals surface area contributed by atoms with Crippen molar-refractivity contribution in [3.8, 4) is 11.5 Å². The number of nitrogens with one attached hydrogen (secondary N) is 1. The summed E-state index contributed by atoms with van der Waals surface area (Å²) in [4.78, 5) is 28.0. The Hall–Kier alpha value is -3.10. The number of carboxylic acids is 1. The molecule has 1 amide bonds. The quantitative estimate of drug-likeness (QED) is 0.705. The first-order chi connectivity index (χ1) is 13.4. The first kappa shape index (κ1) is 19.7. The standard InChI is InChI=1S/C19H23N3O6/c1-3-26-15-10-13(6-7-14(15)27-11-16(23)24)17(25)21-19(8-4-5-9-19)18-20-12(2)28-22-18/h6-7,10H,3-5,8-9,11H2,1-2H3,(H,21,25)(H,23,24). The predicted octanol–water partition coefficient (Wildman–Crippen LogP) is 2.44. The summed E-state index contributed by atoms with van der Waals surface area (Å²) in [7, 11) is 0. The maximum atomic E-state index is 12.9. The number of benzene rings is 1. The first-order valence-electron chi connectivity index (χ1n) is 9.18. The highest BCUT2D eigenvalue weighted by Gasteiger charge is 2.41. The lowest BCUT2D eigenvalue weighted by atomic mass is 9.96. The average molecular weight is 389 g/mol. The molecule has 1 aliphatic carbocycles. The van der Waals surface area contributed by atoms with Crippen LogP contribution in [0.3, 0.4) is 0 Å². The number of hydrogen-bond acceptors (Lipinski definition) is 7. The van der Waals surface area contributed by atoms with Crippen molar-refractivity contribution in [2.75, 3.05) is 13.2 Å². The van der Waals surface area contributed by atoms with Crippen molar-refractivity contribution in [3.63, 3.8) is 0 Å². The number of carboxylic acid groups (broad SMARTS) is 1. The van der Waals surface area contributed by atoms with E-state index in [1.807, 2.05) is 0 Å². The zero-order valence-corrected chi connectivity index (χ0v) is 15.9. The van der Waals surface area contributed by atoms with Crippen molar-refractivity contribution in [2.45, 2.75) is 45.1 Å². The topological polar surface area (TPSA) is 124 Å². The van der Waals surface area contributed by atoms with E-state index in [0.29, 0.717) is 29.6 Å². The molecule has 0 unspecified atom stereocenters. The van der Waals surface area contributed by atoms with Gasteiger partial charge in [-0.25, -0.2) is 4.79 Å². The van der Waals surface area contributed by atoms with Crippen LogP contribution in [0.2, 0.25) is 0 Å². The van der Waals surface area contributed by atoms with E-state index >= 15 is 0 Å². The van der Waals surface area contributed by atoms with Gasteiger partial charge in [0.1, 0.15) is 5.54 Å². The molecule has 1 saturated carbocycles. The third-order valence-electron chi connectivity index (χ3n) is 4.62. The van der Waals surface area contributed by atoms with Gasteiger partial charge in [0.05, 0.1) is 6.61 Å². The van der Waals surface area contributed by atoms with Gasteiger partial charge in [-0.3, -0.25) is 4.79 Å². The second-order valence-corrected chi connectivity index (χ2v) is 6.66. The van der Waals surface area contributed by atoms with Gasteiger partial charge in [0.25, 0.3) is 5.91 Å².